The Hall–Kier alpha value is -0.890. The minimum atomic E-state index is -0.266. The molecular formula is C14H17BrO. The first-order valence-corrected chi connectivity index (χ1v) is 6.15. The largest absolute Gasteiger partial charge is 0.299 e. The molecule has 0 aliphatic rings. The van der Waals surface area contributed by atoms with E-state index in [1.54, 1.807) is 6.92 Å². The molecule has 0 aliphatic carbocycles. The molecule has 0 bridgehead atoms. The molecule has 0 fully saturated rings. The van der Waals surface area contributed by atoms with Gasteiger partial charge in [0.25, 0.3) is 0 Å². The van der Waals surface area contributed by atoms with Crippen molar-refractivity contribution in [2.45, 2.75) is 27.2 Å². The molecule has 0 N–H and O–H groups in total. The maximum absolute atomic E-state index is 11.3. The fourth-order valence-electron chi connectivity index (χ4n) is 1.23. The second-order valence-corrected chi connectivity index (χ2v) is 5.42. The molecule has 0 heterocycles. The maximum atomic E-state index is 11.3. The standard InChI is InChI=1S/C14H17BrO/c1-11(16)14(2,3)10-6-8-12-7-4-5-9-13(12)15/h4-9H,10H2,1-3H3. The molecule has 0 radical (unpaired) electrons. The number of ketones is 1. The first kappa shape index (κ1) is 13.2. The van der Waals surface area contributed by atoms with Gasteiger partial charge in [-0.15, -0.1) is 0 Å². The molecular weight excluding hydrogens is 264 g/mol. The van der Waals surface area contributed by atoms with Gasteiger partial charge in [-0.05, 0) is 25.0 Å². The number of hydrogen-bond donors (Lipinski definition) is 0. The highest BCUT2D eigenvalue weighted by Crippen LogP contribution is 2.23. The van der Waals surface area contributed by atoms with Crippen LogP contribution >= 0.6 is 15.9 Å². The maximum Gasteiger partial charge on any atom is 0.135 e. The van der Waals surface area contributed by atoms with Crippen LogP contribution in [0.1, 0.15) is 32.8 Å². The molecule has 1 aromatic rings. The van der Waals surface area contributed by atoms with E-state index in [0.717, 1.165) is 16.5 Å². The van der Waals surface area contributed by atoms with Crippen LogP contribution < -0.4 is 0 Å². The molecule has 0 saturated heterocycles. The predicted molar refractivity (Wildman–Crippen MR) is 72.3 cm³/mol. The average Bonchev–Trinajstić information content (AvgIpc) is 2.20. The number of rotatable bonds is 4. The topological polar surface area (TPSA) is 17.1 Å². The molecule has 2 heteroatoms. The van der Waals surface area contributed by atoms with Gasteiger partial charge in [0.15, 0.2) is 0 Å². The van der Waals surface area contributed by atoms with Crippen LogP contribution in [0.3, 0.4) is 0 Å². The summed E-state index contributed by atoms with van der Waals surface area (Å²) in [6.07, 6.45) is 4.87. The summed E-state index contributed by atoms with van der Waals surface area (Å²) in [5.41, 5.74) is 0.874. The summed E-state index contributed by atoms with van der Waals surface area (Å²) in [5.74, 6) is 0.226. The molecule has 86 valence electrons. The highest BCUT2D eigenvalue weighted by molar-refractivity contribution is 9.10. The van der Waals surface area contributed by atoms with E-state index >= 15 is 0 Å². The van der Waals surface area contributed by atoms with Gasteiger partial charge in [0, 0.05) is 9.89 Å². The summed E-state index contributed by atoms with van der Waals surface area (Å²) in [5, 5.41) is 0. The van der Waals surface area contributed by atoms with Crippen molar-refractivity contribution in [3.05, 3.63) is 40.4 Å². The first-order valence-electron chi connectivity index (χ1n) is 5.35. The molecule has 1 nitrogen and oxygen atoms in total. The number of benzene rings is 1. The van der Waals surface area contributed by atoms with Crippen molar-refractivity contribution in [1.29, 1.82) is 0 Å². The van der Waals surface area contributed by atoms with Gasteiger partial charge in [-0.25, -0.2) is 0 Å². The summed E-state index contributed by atoms with van der Waals surface area (Å²) in [6.45, 7) is 5.59. The van der Waals surface area contributed by atoms with E-state index in [0.29, 0.717) is 0 Å². The van der Waals surface area contributed by atoms with Gasteiger partial charge in [0.2, 0.25) is 0 Å². The van der Waals surface area contributed by atoms with Crippen molar-refractivity contribution in [2.75, 3.05) is 0 Å². The monoisotopic (exact) mass is 280 g/mol. The lowest BCUT2D eigenvalue weighted by Crippen LogP contribution is -2.19. The van der Waals surface area contributed by atoms with Gasteiger partial charge in [-0.1, -0.05) is 60.1 Å². The minimum absolute atomic E-state index is 0.226. The summed E-state index contributed by atoms with van der Waals surface area (Å²) in [7, 11) is 0. The Morgan fingerprint density at radius 2 is 2.00 bits per heavy atom. The SMILES string of the molecule is CC(=O)C(C)(C)CC=Cc1ccccc1Br. The quantitative estimate of drug-likeness (QED) is 0.796. The summed E-state index contributed by atoms with van der Waals surface area (Å²) >= 11 is 3.49. The van der Waals surface area contributed by atoms with Crippen molar-refractivity contribution in [3.63, 3.8) is 0 Å². The summed E-state index contributed by atoms with van der Waals surface area (Å²) in [6, 6.07) is 8.04. The van der Waals surface area contributed by atoms with Crippen molar-refractivity contribution < 1.29 is 4.79 Å². The highest BCUT2D eigenvalue weighted by Gasteiger charge is 2.21. The Balaban J connectivity index is 2.69. The van der Waals surface area contributed by atoms with Gasteiger partial charge in [0.1, 0.15) is 5.78 Å². The third kappa shape index (κ3) is 3.60. The Labute approximate surface area is 106 Å². The molecule has 0 aliphatic heterocycles. The number of carbonyl (C=O) groups excluding carboxylic acids is 1. The van der Waals surface area contributed by atoms with Crippen LogP contribution in [0.4, 0.5) is 0 Å². The van der Waals surface area contributed by atoms with E-state index in [2.05, 4.69) is 28.1 Å². The molecule has 16 heavy (non-hydrogen) atoms. The average molecular weight is 281 g/mol. The van der Waals surface area contributed by atoms with E-state index in [1.807, 2.05) is 38.1 Å². The molecule has 1 aromatic carbocycles. The van der Waals surface area contributed by atoms with E-state index in [1.165, 1.54) is 0 Å². The number of carbonyl (C=O) groups is 1. The molecule has 0 saturated carbocycles. The van der Waals surface area contributed by atoms with Crippen molar-refractivity contribution >= 4 is 27.8 Å². The van der Waals surface area contributed by atoms with Crippen LogP contribution in [-0.2, 0) is 4.79 Å². The third-order valence-corrected chi connectivity index (χ3v) is 3.51. The van der Waals surface area contributed by atoms with Gasteiger partial charge in [-0.3, -0.25) is 4.79 Å². The van der Waals surface area contributed by atoms with Crippen LogP contribution in [0.2, 0.25) is 0 Å². The Kier molecular flexibility index (Phi) is 4.48. The number of allylic oxidation sites excluding steroid dienone is 1. The smallest absolute Gasteiger partial charge is 0.135 e. The number of Topliss-reactive ketones (excluding diaryl/α,β-unsaturated/α-hetero) is 1. The van der Waals surface area contributed by atoms with Crippen molar-refractivity contribution in [3.8, 4) is 0 Å². The van der Waals surface area contributed by atoms with Crippen LogP contribution in [0.5, 0.6) is 0 Å². The van der Waals surface area contributed by atoms with Gasteiger partial charge < -0.3 is 0 Å². The Morgan fingerprint density at radius 3 is 2.56 bits per heavy atom. The molecule has 0 amide bonds. The summed E-state index contributed by atoms with van der Waals surface area (Å²) < 4.78 is 1.08. The minimum Gasteiger partial charge on any atom is -0.299 e. The van der Waals surface area contributed by atoms with E-state index in [9.17, 15) is 4.79 Å². The normalized spacial score (nSPS) is 12.0. The second kappa shape index (κ2) is 5.44. The number of halogens is 1. The second-order valence-electron chi connectivity index (χ2n) is 4.57. The molecule has 0 aromatic heterocycles. The Bertz CT molecular complexity index is 405. The Morgan fingerprint density at radius 1 is 1.38 bits per heavy atom. The lowest BCUT2D eigenvalue weighted by Gasteiger charge is -2.18. The fraction of sp³-hybridized carbons (Fsp3) is 0.357. The number of hydrogen-bond acceptors (Lipinski definition) is 1. The molecule has 1 rings (SSSR count). The van der Waals surface area contributed by atoms with E-state index in [4.69, 9.17) is 0 Å². The highest BCUT2D eigenvalue weighted by atomic mass is 79.9. The lowest BCUT2D eigenvalue weighted by molar-refractivity contribution is -0.124. The van der Waals surface area contributed by atoms with Crippen LogP contribution in [0.25, 0.3) is 6.08 Å². The lowest BCUT2D eigenvalue weighted by atomic mass is 9.85. The van der Waals surface area contributed by atoms with E-state index < -0.39 is 0 Å². The van der Waals surface area contributed by atoms with Crippen LogP contribution in [0.15, 0.2) is 34.8 Å². The predicted octanol–water partition coefficient (Wildman–Crippen LogP) is 4.47. The zero-order valence-corrected chi connectivity index (χ0v) is 11.5. The molecule has 0 spiro atoms. The fourth-order valence-corrected chi connectivity index (χ4v) is 1.65. The van der Waals surface area contributed by atoms with Gasteiger partial charge >= 0.3 is 0 Å². The van der Waals surface area contributed by atoms with Gasteiger partial charge in [0.05, 0.1) is 0 Å². The van der Waals surface area contributed by atoms with Crippen molar-refractivity contribution in [2.24, 2.45) is 5.41 Å². The van der Waals surface area contributed by atoms with Crippen LogP contribution in [-0.4, -0.2) is 5.78 Å². The molecule has 0 unspecified atom stereocenters. The van der Waals surface area contributed by atoms with Gasteiger partial charge in [-0.2, -0.15) is 0 Å². The van der Waals surface area contributed by atoms with E-state index in [-0.39, 0.29) is 11.2 Å². The summed E-state index contributed by atoms with van der Waals surface area (Å²) in [4.78, 5) is 11.3. The first-order chi connectivity index (χ1) is 7.43. The zero-order chi connectivity index (χ0) is 12.2. The molecule has 0 atom stereocenters. The zero-order valence-electron chi connectivity index (χ0n) is 9.96. The van der Waals surface area contributed by atoms with Crippen molar-refractivity contribution in [1.82, 2.24) is 0 Å². The van der Waals surface area contributed by atoms with Crippen LogP contribution in [0, 0.1) is 5.41 Å². The third-order valence-electron chi connectivity index (χ3n) is 2.78.